The van der Waals surface area contributed by atoms with Crippen LogP contribution in [0.4, 0.5) is 5.82 Å². The first kappa shape index (κ1) is 30.5. The minimum Gasteiger partial charge on any atom is -0.421 e. The van der Waals surface area contributed by atoms with Crippen molar-refractivity contribution in [2.75, 3.05) is 25.5 Å². The third kappa shape index (κ3) is 5.52. The number of hydrogen-bond donors (Lipinski definition) is 1. The van der Waals surface area contributed by atoms with Crippen molar-refractivity contribution >= 4 is 37.3 Å². The molecular weight excluding hydrogens is 635 g/mol. The zero-order valence-electron chi connectivity index (χ0n) is 26.3. The van der Waals surface area contributed by atoms with Crippen LogP contribution in [-0.2, 0) is 34.0 Å². The quantitative estimate of drug-likeness (QED) is 0.233. The van der Waals surface area contributed by atoms with Gasteiger partial charge in [0.15, 0.2) is 0 Å². The molecule has 5 aromatic heterocycles. The molecule has 5 aromatic rings. The number of ether oxygens (including phenoxy) is 1. The first-order chi connectivity index (χ1) is 22.9. The molecule has 244 valence electrons. The summed E-state index contributed by atoms with van der Waals surface area (Å²) in [7, 11) is -3.76. The van der Waals surface area contributed by atoms with Crippen LogP contribution < -0.4 is 5.73 Å². The topological polar surface area (TPSA) is 150 Å². The highest BCUT2D eigenvalue weighted by molar-refractivity contribution is 7.89. The lowest BCUT2D eigenvalue weighted by Gasteiger charge is -2.22. The van der Waals surface area contributed by atoms with Crippen molar-refractivity contribution < 1.29 is 17.6 Å². The summed E-state index contributed by atoms with van der Waals surface area (Å²) in [5, 5.41) is 9.35. The molecule has 3 aliphatic heterocycles. The number of nitrogens with zero attached hydrogens (tertiary/aromatic N) is 6. The molecule has 1 aliphatic carbocycles. The second-order valence-corrected chi connectivity index (χ2v) is 15.6. The summed E-state index contributed by atoms with van der Waals surface area (Å²) < 4.78 is 42.0. The number of pyridine rings is 3. The number of anilines is 1. The fourth-order valence-electron chi connectivity index (χ4n) is 7.44. The Balaban J connectivity index is 0.000000309. The maximum absolute atomic E-state index is 14.0. The van der Waals surface area contributed by atoms with E-state index < -0.39 is 10.0 Å². The highest BCUT2D eigenvalue weighted by Crippen LogP contribution is 2.53. The van der Waals surface area contributed by atoms with Gasteiger partial charge in [0, 0.05) is 55.2 Å². The molecule has 0 aromatic carbocycles. The van der Waals surface area contributed by atoms with Gasteiger partial charge in [-0.25, -0.2) is 13.4 Å². The second-order valence-electron chi connectivity index (χ2n) is 12.7. The summed E-state index contributed by atoms with van der Waals surface area (Å²) in [5.41, 5.74) is 11.6. The first-order valence-corrected chi connectivity index (χ1v) is 18.7. The Labute approximate surface area is 277 Å². The van der Waals surface area contributed by atoms with Gasteiger partial charge < -0.3 is 14.9 Å². The number of thiophene rings is 1. The number of aromatic nitrogens is 5. The molecule has 0 radical (unpaired) electrons. The van der Waals surface area contributed by atoms with Gasteiger partial charge in [0.25, 0.3) is 0 Å². The minimum atomic E-state index is -3.76. The van der Waals surface area contributed by atoms with Crippen LogP contribution in [0.25, 0.3) is 32.0 Å². The summed E-state index contributed by atoms with van der Waals surface area (Å²) in [6.45, 7) is 3.78. The van der Waals surface area contributed by atoms with Crippen LogP contribution in [0.15, 0.2) is 46.0 Å². The molecule has 9 rings (SSSR count). The van der Waals surface area contributed by atoms with E-state index in [1.165, 1.54) is 41.9 Å². The van der Waals surface area contributed by atoms with Crippen molar-refractivity contribution in [3.05, 3.63) is 65.2 Å². The van der Waals surface area contributed by atoms with Gasteiger partial charge in [-0.05, 0) is 92.9 Å². The van der Waals surface area contributed by atoms with Crippen LogP contribution >= 0.6 is 11.3 Å². The summed E-state index contributed by atoms with van der Waals surface area (Å²) >= 11 is 1.44. The van der Waals surface area contributed by atoms with Crippen LogP contribution in [0.3, 0.4) is 0 Å². The van der Waals surface area contributed by atoms with E-state index in [0.717, 1.165) is 66.0 Å². The summed E-state index contributed by atoms with van der Waals surface area (Å²) in [5.74, 6) is 1.65. The average Bonchev–Trinajstić information content (AvgIpc) is 3.91. The molecule has 13 heteroatoms. The minimum absolute atomic E-state index is 0.241. The van der Waals surface area contributed by atoms with E-state index in [0.29, 0.717) is 53.3 Å². The van der Waals surface area contributed by atoms with Gasteiger partial charge in [-0.1, -0.05) is 6.07 Å². The number of sulfonamides is 1. The summed E-state index contributed by atoms with van der Waals surface area (Å²) in [4.78, 5) is 14.7. The molecule has 2 N–H and O–H groups in total. The Morgan fingerprint density at radius 2 is 1.91 bits per heavy atom. The van der Waals surface area contributed by atoms with Crippen molar-refractivity contribution in [3.8, 4) is 21.9 Å². The Hall–Kier alpha value is -3.78. The van der Waals surface area contributed by atoms with Gasteiger partial charge in [-0.15, -0.1) is 21.5 Å². The van der Waals surface area contributed by atoms with Crippen LogP contribution in [0, 0.1) is 12.8 Å². The maximum Gasteiger partial charge on any atom is 0.250 e. The third-order valence-electron chi connectivity index (χ3n) is 9.76. The second kappa shape index (κ2) is 12.3. The average molecular weight is 672 g/mol. The first-order valence-electron chi connectivity index (χ1n) is 16.4. The third-order valence-corrected chi connectivity index (χ3v) is 12.9. The number of nitrogens with two attached hydrogens (primary N) is 1. The van der Waals surface area contributed by atoms with Gasteiger partial charge in [-0.2, -0.15) is 4.31 Å². The van der Waals surface area contributed by atoms with Crippen molar-refractivity contribution in [3.63, 3.8) is 0 Å². The molecule has 1 atom stereocenters. The van der Waals surface area contributed by atoms with E-state index in [-0.39, 0.29) is 10.9 Å². The smallest absolute Gasteiger partial charge is 0.250 e. The monoisotopic (exact) mass is 671 g/mol. The van der Waals surface area contributed by atoms with Gasteiger partial charge in [0.05, 0.1) is 27.7 Å². The fraction of sp³-hybridized carbons (Fsp3) is 0.441. The normalized spacial score (nSPS) is 20.1. The number of hydrogen-bond acceptors (Lipinski definition) is 11. The predicted octanol–water partition coefficient (Wildman–Crippen LogP) is 6.07. The van der Waals surface area contributed by atoms with Gasteiger partial charge in [-0.3, -0.25) is 9.97 Å². The molecule has 11 nitrogen and oxygen atoms in total. The van der Waals surface area contributed by atoms with E-state index in [1.54, 1.807) is 17.4 Å². The lowest BCUT2D eigenvalue weighted by molar-refractivity contribution is 0.0639. The summed E-state index contributed by atoms with van der Waals surface area (Å²) in [6, 6.07) is 7.83. The predicted molar refractivity (Wildman–Crippen MR) is 179 cm³/mol. The van der Waals surface area contributed by atoms with E-state index in [9.17, 15) is 8.42 Å². The lowest BCUT2D eigenvalue weighted by Crippen LogP contribution is -2.23. The Morgan fingerprint density at radius 1 is 1.04 bits per heavy atom. The van der Waals surface area contributed by atoms with Crippen molar-refractivity contribution in [1.82, 2.24) is 29.5 Å². The van der Waals surface area contributed by atoms with E-state index in [1.807, 2.05) is 24.4 Å². The van der Waals surface area contributed by atoms with Gasteiger partial charge >= 0.3 is 0 Å². The highest BCUT2D eigenvalue weighted by atomic mass is 32.2. The van der Waals surface area contributed by atoms with Crippen molar-refractivity contribution in [2.24, 2.45) is 5.92 Å². The number of fused-ring (bicyclic) bond motifs is 5. The van der Waals surface area contributed by atoms with Crippen molar-refractivity contribution in [2.45, 2.75) is 75.6 Å². The SMILES string of the molecule is Cc1nnc(-c2c(CCC3CCOCC3)nc3c(c2-c2cc4ccnc(N)c4s2)S(=O)(=O)N2CCCC32)o1.c1cnc2c(c1)CCC2. The van der Waals surface area contributed by atoms with Crippen LogP contribution in [-0.4, -0.2) is 57.6 Å². The molecule has 2 fully saturated rings. The number of aryl methyl sites for hydroxylation is 4. The zero-order valence-corrected chi connectivity index (χ0v) is 27.9. The van der Waals surface area contributed by atoms with Crippen molar-refractivity contribution in [1.29, 1.82) is 0 Å². The highest BCUT2D eigenvalue weighted by Gasteiger charge is 2.49. The molecule has 0 amide bonds. The van der Waals surface area contributed by atoms with Gasteiger partial charge in [0.2, 0.25) is 21.8 Å². The molecule has 8 heterocycles. The number of nitrogen functional groups attached to an aromatic ring is 1. The molecule has 4 aliphatic rings. The molecular formula is C34H37N7O4S2. The van der Waals surface area contributed by atoms with Gasteiger partial charge in [0.1, 0.15) is 10.7 Å². The Kier molecular flexibility index (Phi) is 8.03. The van der Waals surface area contributed by atoms with Crippen LogP contribution in [0.1, 0.15) is 73.1 Å². The number of rotatable bonds is 5. The molecule has 2 saturated heterocycles. The standard InChI is InChI=1S/C26H28N6O4S2.C8H9N/c1-14-30-31-26(36-14)20-17(5-4-15-7-11-35-12-8-15)29-22-18-3-2-10-32(18)38(33,34)24(22)21(20)19-13-16-6-9-28-25(27)23(16)37-19;1-3-7-4-2-6-9-8(7)5-1/h6,9,13,15,18H,2-5,7-8,10-12H2,1H3,(H2,27,28);2,4,6H,1,3,5H2. The maximum atomic E-state index is 14.0. The molecule has 0 saturated carbocycles. The van der Waals surface area contributed by atoms with E-state index >= 15 is 0 Å². The zero-order chi connectivity index (χ0) is 32.1. The largest absolute Gasteiger partial charge is 0.421 e. The van der Waals surface area contributed by atoms with E-state index in [4.69, 9.17) is 19.9 Å². The fourth-order valence-corrected chi connectivity index (χ4v) is 10.7. The molecule has 0 bridgehead atoms. The molecule has 1 unspecified atom stereocenters. The molecule has 0 spiro atoms. The van der Waals surface area contributed by atoms with Crippen LogP contribution in [0.2, 0.25) is 0 Å². The summed E-state index contributed by atoms with van der Waals surface area (Å²) in [6.07, 6.45) is 12.5. The lowest BCUT2D eigenvalue weighted by atomic mass is 9.91. The molecule has 47 heavy (non-hydrogen) atoms. The Morgan fingerprint density at radius 3 is 2.70 bits per heavy atom. The van der Waals surface area contributed by atoms with E-state index in [2.05, 4.69) is 26.2 Å². The Bertz CT molecular complexity index is 2050. The van der Waals surface area contributed by atoms with Crippen LogP contribution in [0.5, 0.6) is 0 Å².